The smallest absolute Gasteiger partial charge is 0.0223 e. The van der Waals surface area contributed by atoms with Gasteiger partial charge in [0, 0.05) is 18.6 Å². The Labute approximate surface area is 125 Å². The zero-order chi connectivity index (χ0) is 13.8. The molecule has 2 aliphatic carbocycles. The number of fused-ring (bicyclic) bond motifs is 1. The highest BCUT2D eigenvalue weighted by Crippen LogP contribution is 2.37. The Morgan fingerprint density at radius 1 is 1.00 bits per heavy atom. The predicted octanol–water partition coefficient (Wildman–Crippen LogP) is 3.81. The molecule has 0 aromatic heterocycles. The second-order valence-corrected chi connectivity index (χ2v) is 7.50. The molecule has 1 heterocycles. The summed E-state index contributed by atoms with van der Waals surface area (Å²) in [5, 5.41) is 3.89. The minimum Gasteiger partial charge on any atom is -0.312 e. The highest BCUT2D eigenvalue weighted by atomic mass is 15.2. The van der Waals surface area contributed by atoms with Crippen LogP contribution in [0.2, 0.25) is 0 Å². The van der Waals surface area contributed by atoms with Gasteiger partial charge in [-0.1, -0.05) is 32.6 Å². The molecule has 0 bridgehead atoms. The summed E-state index contributed by atoms with van der Waals surface area (Å²) in [6, 6.07) is 1.72. The third-order valence-electron chi connectivity index (χ3n) is 6.18. The topological polar surface area (TPSA) is 15.3 Å². The third-order valence-corrected chi connectivity index (χ3v) is 6.18. The Kier molecular flexibility index (Phi) is 5.39. The van der Waals surface area contributed by atoms with Crippen molar-refractivity contribution in [2.75, 3.05) is 19.6 Å². The molecule has 0 aromatic carbocycles. The van der Waals surface area contributed by atoms with Crippen molar-refractivity contribution in [2.24, 2.45) is 11.8 Å². The quantitative estimate of drug-likeness (QED) is 0.795. The molecule has 0 radical (unpaired) electrons. The maximum Gasteiger partial charge on any atom is 0.0223 e. The van der Waals surface area contributed by atoms with E-state index < -0.39 is 0 Å². The zero-order valence-electron chi connectivity index (χ0n) is 13.4. The van der Waals surface area contributed by atoms with Gasteiger partial charge >= 0.3 is 0 Å². The van der Waals surface area contributed by atoms with E-state index in [2.05, 4.69) is 17.1 Å². The van der Waals surface area contributed by atoms with Gasteiger partial charge in [0.15, 0.2) is 0 Å². The van der Waals surface area contributed by atoms with Gasteiger partial charge in [-0.15, -0.1) is 0 Å². The summed E-state index contributed by atoms with van der Waals surface area (Å²) in [5.74, 6) is 2.00. The Balaban J connectivity index is 1.57. The summed E-state index contributed by atoms with van der Waals surface area (Å²) >= 11 is 0. The number of rotatable bonds is 6. The number of hydrogen-bond acceptors (Lipinski definition) is 2. The number of nitrogens with zero attached hydrogens (tertiary/aromatic N) is 1. The molecular weight excluding hydrogens is 244 g/mol. The average Bonchev–Trinajstić information content (AvgIpc) is 3.13. The average molecular weight is 278 g/mol. The summed E-state index contributed by atoms with van der Waals surface area (Å²) in [4.78, 5) is 2.87. The molecular formula is C18H34N2. The van der Waals surface area contributed by atoms with E-state index in [9.17, 15) is 0 Å². The van der Waals surface area contributed by atoms with E-state index in [1.807, 2.05) is 0 Å². The van der Waals surface area contributed by atoms with Crippen molar-refractivity contribution in [3.05, 3.63) is 0 Å². The normalized spacial score (nSPS) is 33.5. The van der Waals surface area contributed by atoms with Gasteiger partial charge in [0.1, 0.15) is 0 Å². The monoisotopic (exact) mass is 278 g/mol. The van der Waals surface area contributed by atoms with Crippen molar-refractivity contribution in [3.63, 3.8) is 0 Å². The molecule has 2 heteroatoms. The minimum atomic E-state index is 0.776. The van der Waals surface area contributed by atoms with Crippen LogP contribution in [-0.2, 0) is 0 Å². The second kappa shape index (κ2) is 7.26. The van der Waals surface area contributed by atoms with Gasteiger partial charge in [0.25, 0.3) is 0 Å². The van der Waals surface area contributed by atoms with E-state index in [4.69, 9.17) is 0 Å². The fourth-order valence-electron chi connectivity index (χ4n) is 5.05. The largest absolute Gasteiger partial charge is 0.312 e. The molecule has 2 nitrogen and oxygen atoms in total. The van der Waals surface area contributed by atoms with Crippen molar-refractivity contribution in [1.29, 1.82) is 0 Å². The maximum atomic E-state index is 3.89. The Morgan fingerprint density at radius 3 is 2.55 bits per heavy atom. The lowest BCUT2D eigenvalue weighted by Crippen LogP contribution is -2.47. The fourth-order valence-corrected chi connectivity index (χ4v) is 5.05. The standard InChI is InChI=1S/C18H34N2/c1-2-12-19-17(15-7-3-4-8-15)14-20-13-11-16-9-5-6-10-18(16)20/h15-19H,2-14H2,1H3. The number of likely N-dealkylation sites (tertiary alicyclic amines) is 1. The van der Waals surface area contributed by atoms with E-state index in [1.165, 1.54) is 83.8 Å². The van der Waals surface area contributed by atoms with Gasteiger partial charge in [-0.3, -0.25) is 4.90 Å². The van der Waals surface area contributed by atoms with Crippen LogP contribution >= 0.6 is 0 Å². The Morgan fingerprint density at radius 2 is 1.75 bits per heavy atom. The summed E-state index contributed by atoms with van der Waals surface area (Å²) in [6.45, 7) is 6.23. The van der Waals surface area contributed by atoms with Crippen LogP contribution in [0, 0.1) is 11.8 Å². The predicted molar refractivity (Wildman–Crippen MR) is 86.0 cm³/mol. The van der Waals surface area contributed by atoms with Crippen LogP contribution in [0.1, 0.15) is 71.1 Å². The highest BCUT2D eigenvalue weighted by Gasteiger charge is 2.37. The molecule has 3 rings (SSSR count). The molecule has 0 amide bonds. The van der Waals surface area contributed by atoms with Gasteiger partial charge in [-0.05, 0) is 63.5 Å². The van der Waals surface area contributed by atoms with E-state index in [0.717, 1.165) is 23.9 Å². The molecule has 20 heavy (non-hydrogen) atoms. The van der Waals surface area contributed by atoms with Crippen LogP contribution in [0.5, 0.6) is 0 Å². The minimum absolute atomic E-state index is 0.776. The van der Waals surface area contributed by atoms with E-state index in [0.29, 0.717) is 0 Å². The van der Waals surface area contributed by atoms with Gasteiger partial charge in [0.2, 0.25) is 0 Å². The molecule has 3 aliphatic rings. The first-order chi connectivity index (χ1) is 9.88. The van der Waals surface area contributed by atoms with Crippen molar-refractivity contribution in [1.82, 2.24) is 10.2 Å². The van der Waals surface area contributed by atoms with Crippen LogP contribution in [-0.4, -0.2) is 36.6 Å². The van der Waals surface area contributed by atoms with Crippen molar-refractivity contribution < 1.29 is 0 Å². The molecule has 3 atom stereocenters. The molecule has 116 valence electrons. The van der Waals surface area contributed by atoms with Crippen LogP contribution in [0.25, 0.3) is 0 Å². The lowest BCUT2D eigenvalue weighted by Gasteiger charge is -2.36. The van der Waals surface area contributed by atoms with Gasteiger partial charge in [-0.2, -0.15) is 0 Å². The lowest BCUT2D eigenvalue weighted by molar-refractivity contribution is 0.151. The fraction of sp³-hybridized carbons (Fsp3) is 1.00. The Bertz CT molecular complexity index is 285. The first-order valence-electron chi connectivity index (χ1n) is 9.36. The molecule has 2 saturated carbocycles. The van der Waals surface area contributed by atoms with E-state index in [1.54, 1.807) is 0 Å². The lowest BCUT2D eigenvalue weighted by atomic mass is 9.85. The van der Waals surface area contributed by atoms with Crippen molar-refractivity contribution in [3.8, 4) is 0 Å². The summed E-state index contributed by atoms with van der Waals surface area (Å²) in [7, 11) is 0. The van der Waals surface area contributed by atoms with E-state index >= 15 is 0 Å². The molecule has 1 aliphatic heterocycles. The molecule has 0 aromatic rings. The number of nitrogens with one attached hydrogen (secondary N) is 1. The van der Waals surface area contributed by atoms with Crippen LogP contribution in [0.4, 0.5) is 0 Å². The van der Waals surface area contributed by atoms with E-state index in [-0.39, 0.29) is 0 Å². The Hall–Kier alpha value is -0.0800. The van der Waals surface area contributed by atoms with Gasteiger partial charge < -0.3 is 5.32 Å². The maximum absolute atomic E-state index is 3.89. The first kappa shape index (κ1) is 14.8. The van der Waals surface area contributed by atoms with Crippen LogP contribution in [0.15, 0.2) is 0 Å². The highest BCUT2D eigenvalue weighted by molar-refractivity contribution is 4.93. The summed E-state index contributed by atoms with van der Waals surface area (Å²) < 4.78 is 0. The number of hydrogen-bond donors (Lipinski definition) is 1. The van der Waals surface area contributed by atoms with Crippen molar-refractivity contribution in [2.45, 2.75) is 83.2 Å². The van der Waals surface area contributed by atoms with Crippen LogP contribution in [0.3, 0.4) is 0 Å². The molecule has 3 fully saturated rings. The molecule has 1 saturated heterocycles. The third kappa shape index (κ3) is 3.39. The first-order valence-corrected chi connectivity index (χ1v) is 9.36. The van der Waals surface area contributed by atoms with Crippen molar-refractivity contribution >= 4 is 0 Å². The second-order valence-electron chi connectivity index (χ2n) is 7.50. The molecule has 1 N–H and O–H groups in total. The molecule has 0 spiro atoms. The van der Waals surface area contributed by atoms with Gasteiger partial charge in [-0.25, -0.2) is 0 Å². The zero-order valence-corrected chi connectivity index (χ0v) is 13.4. The summed E-state index contributed by atoms with van der Waals surface area (Å²) in [6.07, 6.45) is 14.6. The van der Waals surface area contributed by atoms with Gasteiger partial charge in [0.05, 0.1) is 0 Å². The van der Waals surface area contributed by atoms with Crippen LogP contribution < -0.4 is 5.32 Å². The molecule has 3 unspecified atom stereocenters. The summed E-state index contributed by atoms with van der Waals surface area (Å²) in [5.41, 5.74) is 0. The SMILES string of the molecule is CCCNC(CN1CCC2CCCCC21)C1CCCC1.